The van der Waals surface area contributed by atoms with Crippen molar-refractivity contribution in [3.05, 3.63) is 12.3 Å². The van der Waals surface area contributed by atoms with Crippen molar-refractivity contribution >= 4 is 16.8 Å². The molecule has 0 aromatic rings. The SMILES string of the molecule is COC(=O)C=CN1CCS(=O)CC1. The third-order valence-corrected chi connectivity index (χ3v) is 3.11. The Morgan fingerprint density at radius 1 is 1.46 bits per heavy atom. The van der Waals surface area contributed by atoms with Crippen LogP contribution in [0.2, 0.25) is 0 Å². The average molecular weight is 203 g/mol. The molecule has 5 heteroatoms. The molecule has 0 unspecified atom stereocenters. The number of methoxy groups -OCH3 is 1. The van der Waals surface area contributed by atoms with Crippen molar-refractivity contribution in [1.29, 1.82) is 0 Å². The van der Waals surface area contributed by atoms with Crippen molar-refractivity contribution < 1.29 is 13.7 Å². The summed E-state index contributed by atoms with van der Waals surface area (Å²) in [7, 11) is 0.676. The van der Waals surface area contributed by atoms with Gasteiger partial charge in [-0.05, 0) is 0 Å². The van der Waals surface area contributed by atoms with E-state index in [1.807, 2.05) is 4.90 Å². The zero-order valence-corrected chi connectivity index (χ0v) is 8.38. The van der Waals surface area contributed by atoms with Crippen LogP contribution in [0.25, 0.3) is 0 Å². The number of carbonyl (C=O) groups is 1. The Morgan fingerprint density at radius 3 is 2.62 bits per heavy atom. The summed E-state index contributed by atoms with van der Waals surface area (Å²) in [6.45, 7) is 1.50. The number of ether oxygens (including phenoxy) is 1. The minimum atomic E-state index is -0.669. The second-order valence-corrected chi connectivity index (χ2v) is 4.42. The Hall–Kier alpha value is -0.840. The normalized spacial score (nSPS) is 19.3. The summed E-state index contributed by atoms with van der Waals surface area (Å²) < 4.78 is 15.4. The van der Waals surface area contributed by atoms with Crippen LogP contribution in [0.4, 0.5) is 0 Å². The minimum Gasteiger partial charge on any atom is -0.466 e. The van der Waals surface area contributed by atoms with Gasteiger partial charge in [0.1, 0.15) is 0 Å². The molecule has 1 fully saturated rings. The molecule has 1 aliphatic heterocycles. The van der Waals surface area contributed by atoms with Crippen molar-refractivity contribution in [2.45, 2.75) is 0 Å². The molecule has 0 aromatic carbocycles. The summed E-state index contributed by atoms with van der Waals surface area (Å²) in [6.07, 6.45) is 3.08. The van der Waals surface area contributed by atoms with Gasteiger partial charge in [0.2, 0.25) is 0 Å². The predicted octanol–water partition coefficient (Wildman–Crippen LogP) is -0.263. The van der Waals surface area contributed by atoms with Crippen LogP contribution in [-0.4, -0.2) is 46.8 Å². The van der Waals surface area contributed by atoms with Gasteiger partial charge in [-0.25, -0.2) is 4.79 Å². The van der Waals surface area contributed by atoms with Crippen LogP contribution in [-0.2, 0) is 20.3 Å². The smallest absolute Gasteiger partial charge is 0.331 e. The minimum absolute atomic E-state index is 0.355. The average Bonchev–Trinajstić information content (AvgIpc) is 2.16. The highest BCUT2D eigenvalue weighted by atomic mass is 32.2. The lowest BCUT2D eigenvalue weighted by molar-refractivity contribution is -0.134. The fourth-order valence-corrected chi connectivity index (χ4v) is 2.12. The van der Waals surface area contributed by atoms with E-state index in [0.717, 1.165) is 13.1 Å². The van der Waals surface area contributed by atoms with E-state index in [0.29, 0.717) is 11.5 Å². The van der Waals surface area contributed by atoms with E-state index in [1.165, 1.54) is 13.2 Å². The number of hydrogen-bond acceptors (Lipinski definition) is 4. The van der Waals surface area contributed by atoms with E-state index in [2.05, 4.69) is 4.74 Å². The van der Waals surface area contributed by atoms with Gasteiger partial charge in [-0.3, -0.25) is 4.21 Å². The summed E-state index contributed by atoms with van der Waals surface area (Å²) in [5.74, 6) is 1.02. The van der Waals surface area contributed by atoms with Crippen LogP contribution >= 0.6 is 0 Å². The molecule has 0 aliphatic carbocycles. The molecule has 0 saturated carbocycles. The van der Waals surface area contributed by atoms with E-state index >= 15 is 0 Å². The fourth-order valence-electron chi connectivity index (χ4n) is 1.04. The van der Waals surface area contributed by atoms with Crippen molar-refractivity contribution in [3.63, 3.8) is 0 Å². The molecule has 0 radical (unpaired) electrons. The van der Waals surface area contributed by atoms with Crippen molar-refractivity contribution in [3.8, 4) is 0 Å². The molecule has 0 amide bonds. The maximum Gasteiger partial charge on any atom is 0.331 e. The van der Waals surface area contributed by atoms with E-state index < -0.39 is 10.8 Å². The third-order valence-electron chi connectivity index (χ3n) is 1.83. The highest BCUT2D eigenvalue weighted by Gasteiger charge is 2.11. The maximum atomic E-state index is 11.0. The van der Waals surface area contributed by atoms with Gasteiger partial charge in [-0.2, -0.15) is 0 Å². The van der Waals surface area contributed by atoms with Crippen LogP contribution in [0.1, 0.15) is 0 Å². The molecule has 0 spiro atoms. The van der Waals surface area contributed by atoms with Crippen molar-refractivity contribution in [1.82, 2.24) is 4.90 Å². The summed E-state index contributed by atoms with van der Waals surface area (Å²) in [4.78, 5) is 12.7. The Bertz CT molecular complexity index is 230. The van der Waals surface area contributed by atoms with Crippen LogP contribution in [0.5, 0.6) is 0 Å². The van der Waals surface area contributed by atoms with Gasteiger partial charge < -0.3 is 9.64 Å². The van der Waals surface area contributed by atoms with Gasteiger partial charge in [0, 0.05) is 47.7 Å². The fraction of sp³-hybridized carbons (Fsp3) is 0.625. The van der Waals surface area contributed by atoms with Crippen molar-refractivity contribution in [2.75, 3.05) is 31.7 Å². The lowest BCUT2D eigenvalue weighted by Crippen LogP contribution is -2.33. The number of hydrogen-bond donors (Lipinski definition) is 0. The predicted molar refractivity (Wildman–Crippen MR) is 50.6 cm³/mol. The maximum absolute atomic E-state index is 11.0. The molecule has 13 heavy (non-hydrogen) atoms. The monoisotopic (exact) mass is 203 g/mol. The standard InChI is InChI=1S/C8H13NO3S/c1-12-8(10)2-3-9-4-6-13(11)7-5-9/h2-3H,4-7H2,1H3. The molecule has 1 rings (SSSR count). The molecule has 0 aromatic heterocycles. The number of carbonyl (C=O) groups excluding carboxylic acids is 1. The molecular formula is C8H13NO3S. The second-order valence-electron chi connectivity index (χ2n) is 2.72. The van der Waals surface area contributed by atoms with Gasteiger partial charge in [0.05, 0.1) is 7.11 Å². The lowest BCUT2D eigenvalue weighted by atomic mass is 10.5. The lowest BCUT2D eigenvalue weighted by Gasteiger charge is -2.24. The highest BCUT2D eigenvalue weighted by molar-refractivity contribution is 7.85. The third kappa shape index (κ3) is 3.59. The van der Waals surface area contributed by atoms with Crippen molar-refractivity contribution in [2.24, 2.45) is 0 Å². The summed E-state index contributed by atoms with van der Waals surface area (Å²) in [6, 6.07) is 0. The molecule has 0 N–H and O–H groups in total. The highest BCUT2D eigenvalue weighted by Crippen LogP contribution is 2.00. The number of nitrogens with zero attached hydrogens (tertiary/aromatic N) is 1. The molecule has 0 atom stereocenters. The Balaban J connectivity index is 2.33. The first kappa shape index (κ1) is 10.2. The van der Waals surface area contributed by atoms with Gasteiger partial charge in [-0.15, -0.1) is 0 Å². The van der Waals surface area contributed by atoms with Crippen LogP contribution in [0, 0.1) is 0 Å². The molecule has 0 bridgehead atoms. The second kappa shape index (κ2) is 5.01. The molecule has 1 saturated heterocycles. The first-order chi connectivity index (χ1) is 6.22. The Kier molecular flexibility index (Phi) is 3.95. The van der Waals surface area contributed by atoms with Gasteiger partial charge in [0.25, 0.3) is 0 Å². The van der Waals surface area contributed by atoms with Gasteiger partial charge in [0.15, 0.2) is 0 Å². The topological polar surface area (TPSA) is 46.6 Å². The first-order valence-corrected chi connectivity index (χ1v) is 5.56. The molecule has 74 valence electrons. The zero-order valence-electron chi connectivity index (χ0n) is 7.56. The van der Waals surface area contributed by atoms with Crippen LogP contribution in [0.3, 0.4) is 0 Å². The Labute approximate surface area is 80.0 Å². The summed E-state index contributed by atoms with van der Waals surface area (Å²) in [5, 5.41) is 0. The zero-order chi connectivity index (χ0) is 9.68. The largest absolute Gasteiger partial charge is 0.466 e. The number of rotatable bonds is 2. The first-order valence-electron chi connectivity index (χ1n) is 4.07. The molecule has 4 nitrogen and oxygen atoms in total. The Morgan fingerprint density at radius 2 is 2.08 bits per heavy atom. The van der Waals surface area contributed by atoms with Gasteiger partial charge in [-0.1, -0.05) is 0 Å². The van der Waals surface area contributed by atoms with Gasteiger partial charge >= 0.3 is 5.97 Å². The molecule has 1 aliphatic rings. The van der Waals surface area contributed by atoms with Crippen LogP contribution < -0.4 is 0 Å². The molecular weight excluding hydrogens is 190 g/mol. The quantitative estimate of drug-likeness (QED) is 0.458. The molecule has 1 heterocycles. The van der Waals surface area contributed by atoms with E-state index in [1.54, 1.807) is 6.20 Å². The number of esters is 1. The van der Waals surface area contributed by atoms with Crippen LogP contribution in [0.15, 0.2) is 12.3 Å². The van der Waals surface area contributed by atoms with E-state index in [9.17, 15) is 9.00 Å². The summed E-state index contributed by atoms with van der Waals surface area (Å²) in [5.41, 5.74) is 0. The summed E-state index contributed by atoms with van der Waals surface area (Å²) >= 11 is 0. The van der Waals surface area contributed by atoms with E-state index in [4.69, 9.17) is 0 Å². The van der Waals surface area contributed by atoms with E-state index in [-0.39, 0.29) is 5.97 Å².